The minimum atomic E-state index is -3.39. The number of nitrogens with one attached hydrogen (secondary N) is 1. The average molecular weight is 298 g/mol. The van der Waals surface area contributed by atoms with Crippen LogP contribution in [0, 0.1) is 0 Å². The van der Waals surface area contributed by atoms with Crippen molar-refractivity contribution in [3.8, 4) is 0 Å². The van der Waals surface area contributed by atoms with Gasteiger partial charge in [0.25, 0.3) is 0 Å². The lowest BCUT2D eigenvalue weighted by Crippen LogP contribution is -2.27. The number of ketones is 1. The maximum Gasteiger partial charge on any atom is 0.225 e. The molecule has 0 bridgehead atoms. The van der Waals surface area contributed by atoms with E-state index in [1.54, 1.807) is 24.3 Å². The molecule has 0 atom stereocenters. The number of nitrogens with zero attached hydrogens (tertiary/aromatic N) is 1. The molecule has 1 aromatic carbocycles. The Morgan fingerprint density at radius 1 is 1.25 bits per heavy atom. The van der Waals surface area contributed by atoms with E-state index in [1.165, 1.54) is 21.0 Å². The third kappa shape index (κ3) is 4.75. The molecular weight excluding hydrogens is 280 g/mol. The van der Waals surface area contributed by atoms with Crippen LogP contribution in [0.3, 0.4) is 0 Å². The second kappa shape index (κ2) is 6.62. The molecule has 20 heavy (non-hydrogen) atoms. The summed E-state index contributed by atoms with van der Waals surface area (Å²) in [7, 11) is -0.548. The molecule has 0 heterocycles. The Hall–Kier alpha value is -1.73. The number of hydrogen-bond donors (Lipinski definition) is 1. The van der Waals surface area contributed by atoms with Crippen molar-refractivity contribution in [1.29, 1.82) is 0 Å². The van der Waals surface area contributed by atoms with Gasteiger partial charge in [-0.2, -0.15) is 0 Å². The Morgan fingerprint density at radius 2 is 1.90 bits per heavy atom. The summed E-state index contributed by atoms with van der Waals surface area (Å²) >= 11 is 0. The molecule has 0 aliphatic heterocycles. The van der Waals surface area contributed by atoms with E-state index < -0.39 is 15.9 Å². The second-order valence-electron chi connectivity index (χ2n) is 4.53. The number of Topliss-reactive ketones (excluding diaryl/α,β-unsaturated/α-hetero) is 1. The fourth-order valence-electron chi connectivity index (χ4n) is 1.44. The van der Waals surface area contributed by atoms with Crippen LogP contribution < -0.4 is 5.32 Å². The number of carbonyl (C=O) groups is 2. The van der Waals surface area contributed by atoms with Crippen LogP contribution in [0.2, 0.25) is 0 Å². The first-order valence-electron chi connectivity index (χ1n) is 6.03. The van der Waals surface area contributed by atoms with Gasteiger partial charge in [-0.25, -0.2) is 12.7 Å². The van der Waals surface area contributed by atoms with E-state index in [2.05, 4.69) is 5.32 Å². The fourth-order valence-corrected chi connectivity index (χ4v) is 2.25. The van der Waals surface area contributed by atoms with E-state index in [0.29, 0.717) is 11.3 Å². The van der Waals surface area contributed by atoms with E-state index in [1.807, 2.05) is 0 Å². The second-order valence-corrected chi connectivity index (χ2v) is 6.84. The molecule has 0 saturated carbocycles. The monoisotopic (exact) mass is 298 g/mol. The van der Waals surface area contributed by atoms with Gasteiger partial charge < -0.3 is 5.32 Å². The van der Waals surface area contributed by atoms with Gasteiger partial charge in [-0.15, -0.1) is 0 Å². The van der Waals surface area contributed by atoms with Gasteiger partial charge in [0.1, 0.15) is 0 Å². The van der Waals surface area contributed by atoms with Crippen LogP contribution in [0.15, 0.2) is 24.3 Å². The smallest absolute Gasteiger partial charge is 0.225 e. The van der Waals surface area contributed by atoms with Gasteiger partial charge in [-0.1, -0.05) is 12.1 Å². The normalized spacial score (nSPS) is 11.4. The minimum Gasteiger partial charge on any atom is -0.326 e. The number of rotatable bonds is 6. The number of carbonyl (C=O) groups excluding carboxylic acids is 2. The summed E-state index contributed by atoms with van der Waals surface area (Å²) in [5, 5.41) is 2.57. The van der Waals surface area contributed by atoms with Gasteiger partial charge in [0, 0.05) is 31.8 Å². The van der Waals surface area contributed by atoms with Crippen LogP contribution in [0.1, 0.15) is 23.7 Å². The summed E-state index contributed by atoms with van der Waals surface area (Å²) in [4.78, 5) is 22.9. The lowest BCUT2D eigenvalue weighted by molar-refractivity contribution is -0.115. The standard InChI is InChI=1S/C13H18N2O4S/c1-10(16)11-5-4-6-12(9-11)14-13(17)7-8-20(18,19)15(2)3/h4-6,9H,7-8H2,1-3H3,(H,14,17). The van der Waals surface area contributed by atoms with E-state index >= 15 is 0 Å². The van der Waals surface area contributed by atoms with E-state index in [-0.39, 0.29) is 18.0 Å². The van der Waals surface area contributed by atoms with Gasteiger partial charge >= 0.3 is 0 Å². The molecule has 1 N–H and O–H groups in total. The Labute approximate surface area is 118 Å². The Morgan fingerprint density at radius 3 is 2.45 bits per heavy atom. The summed E-state index contributed by atoms with van der Waals surface area (Å²) in [6, 6.07) is 6.50. The van der Waals surface area contributed by atoms with Crippen molar-refractivity contribution in [2.24, 2.45) is 0 Å². The molecule has 0 aliphatic carbocycles. The summed E-state index contributed by atoms with van der Waals surface area (Å²) < 4.78 is 24.1. The molecule has 110 valence electrons. The summed E-state index contributed by atoms with van der Waals surface area (Å²) in [5.74, 6) is -0.759. The molecule has 0 saturated heterocycles. The summed E-state index contributed by atoms with van der Waals surface area (Å²) in [6.45, 7) is 1.44. The van der Waals surface area contributed by atoms with Crippen LogP contribution in [0.4, 0.5) is 5.69 Å². The molecule has 1 rings (SSSR count). The largest absolute Gasteiger partial charge is 0.326 e. The third-order valence-corrected chi connectivity index (χ3v) is 4.53. The molecule has 0 radical (unpaired) electrons. The molecule has 0 fully saturated rings. The molecule has 1 amide bonds. The van der Waals surface area contributed by atoms with Crippen LogP contribution in [0.5, 0.6) is 0 Å². The zero-order chi connectivity index (χ0) is 15.3. The SMILES string of the molecule is CC(=O)c1cccc(NC(=O)CCS(=O)(=O)N(C)C)c1. The molecule has 6 nitrogen and oxygen atoms in total. The van der Waals surface area contributed by atoms with Crippen LogP contribution in [-0.2, 0) is 14.8 Å². The average Bonchev–Trinajstić information content (AvgIpc) is 2.36. The Bertz CT molecular complexity index is 609. The highest BCUT2D eigenvalue weighted by Gasteiger charge is 2.15. The van der Waals surface area contributed by atoms with Gasteiger partial charge in [0.05, 0.1) is 5.75 Å². The summed E-state index contributed by atoms with van der Waals surface area (Å²) in [5.41, 5.74) is 0.966. The Kier molecular flexibility index (Phi) is 5.41. The highest BCUT2D eigenvalue weighted by atomic mass is 32.2. The predicted octanol–water partition coefficient (Wildman–Crippen LogP) is 1.11. The van der Waals surface area contributed by atoms with Gasteiger partial charge in [0.2, 0.25) is 15.9 Å². The molecule has 0 aliphatic rings. The maximum absolute atomic E-state index is 11.7. The van der Waals surface area contributed by atoms with Gasteiger partial charge in [-0.05, 0) is 19.1 Å². The van der Waals surface area contributed by atoms with Gasteiger partial charge in [-0.3, -0.25) is 9.59 Å². The van der Waals surface area contributed by atoms with Crippen molar-refractivity contribution < 1.29 is 18.0 Å². The highest BCUT2D eigenvalue weighted by molar-refractivity contribution is 7.89. The van der Waals surface area contributed by atoms with Crippen LogP contribution in [0.25, 0.3) is 0 Å². The molecule has 0 aromatic heterocycles. The molecular formula is C13H18N2O4S. The van der Waals surface area contributed by atoms with Gasteiger partial charge in [0.15, 0.2) is 5.78 Å². The molecule has 0 spiro atoms. The quantitative estimate of drug-likeness (QED) is 0.797. The molecule has 7 heteroatoms. The Balaban J connectivity index is 2.64. The lowest BCUT2D eigenvalue weighted by atomic mass is 10.1. The first kappa shape index (κ1) is 16.3. The number of sulfonamides is 1. The van der Waals surface area contributed by atoms with Crippen molar-refractivity contribution in [3.05, 3.63) is 29.8 Å². The van der Waals surface area contributed by atoms with Crippen molar-refractivity contribution in [3.63, 3.8) is 0 Å². The van der Waals surface area contributed by atoms with E-state index in [4.69, 9.17) is 0 Å². The van der Waals surface area contributed by atoms with Crippen molar-refractivity contribution >= 4 is 27.4 Å². The molecule has 1 aromatic rings. The zero-order valence-electron chi connectivity index (χ0n) is 11.7. The number of amides is 1. The van der Waals surface area contributed by atoms with Crippen molar-refractivity contribution in [1.82, 2.24) is 4.31 Å². The fraction of sp³-hybridized carbons (Fsp3) is 0.385. The van der Waals surface area contributed by atoms with E-state index in [9.17, 15) is 18.0 Å². The van der Waals surface area contributed by atoms with E-state index in [0.717, 1.165) is 4.31 Å². The van der Waals surface area contributed by atoms with Crippen LogP contribution in [-0.4, -0.2) is 44.3 Å². The topological polar surface area (TPSA) is 83.5 Å². The molecule has 0 unspecified atom stereocenters. The first-order valence-corrected chi connectivity index (χ1v) is 7.64. The summed E-state index contributed by atoms with van der Waals surface area (Å²) in [6.07, 6.45) is -0.134. The predicted molar refractivity (Wildman–Crippen MR) is 77.2 cm³/mol. The minimum absolute atomic E-state index is 0.101. The number of benzene rings is 1. The first-order chi connectivity index (χ1) is 9.22. The number of hydrogen-bond acceptors (Lipinski definition) is 4. The van der Waals surface area contributed by atoms with Crippen molar-refractivity contribution in [2.75, 3.05) is 25.2 Å². The lowest BCUT2D eigenvalue weighted by Gasteiger charge is -2.11. The zero-order valence-corrected chi connectivity index (χ0v) is 12.5. The van der Waals surface area contributed by atoms with Crippen LogP contribution >= 0.6 is 0 Å². The maximum atomic E-state index is 11.7. The third-order valence-electron chi connectivity index (χ3n) is 2.70. The highest BCUT2D eigenvalue weighted by Crippen LogP contribution is 2.11. The van der Waals surface area contributed by atoms with Crippen molar-refractivity contribution in [2.45, 2.75) is 13.3 Å². The number of anilines is 1.